The van der Waals surface area contributed by atoms with Crippen LogP contribution in [-0.2, 0) is 17.9 Å². The molecule has 0 radical (unpaired) electrons. The van der Waals surface area contributed by atoms with E-state index < -0.39 is 0 Å². The van der Waals surface area contributed by atoms with Crippen molar-refractivity contribution < 1.29 is 14.4 Å². The van der Waals surface area contributed by atoms with E-state index in [1.165, 1.54) is 4.90 Å². The molecule has 1 aliphatic heterocycles. The van der Waals surface area contributed by atoms with E-state index in [-0.39, 0.29) is 24.6 Å². The van der Waals surface area contributed by atoms with E-state index >= 15 is 0 Å². The molecule has 0 saturated carbocycles. The Morgan fingerprint density at radius 2 is 1.84 bits per heavy atom. The number of aromatic nitrogens is 1. The van der Waals surface area contributed by atoms with Crippen molar-refractivity contribution in [1.82, 2.24) is 35.0 Å². The number of nitrogens with one attached hydrogen (secondary N) is 1. The van der Waals surface area contributed by atoms with Crippen LogP contribution in [-0.4, -0.2) is 108 Å². The Labute approximate surface area is 219 Å². The fourth-order valence-corrected chi connectivity index (χ4v) is 4.33. The fraction of sp³-hybridized carbons (Fsp3) is 0.407. The van der Waals surface area contributed by atoms with E-state index in [9.17, 15) is 14.4 Å². The molecular weight excluding hydrogens is 470 g/mol. The van der Waals surface area contributed by atoms with E-state index in [0.29, 0.717) is 45.0 Å². The van der Waals surface area contributed by atoms with Crippen LogP contribution in [0.1, 0.15) is 21.7 Å². The summed E-state index contributed by atoms with van der Waals surface area (Å²) in [5.41, 5.74) is 2.13. The highest BCUT2D eigenvalue weighted by molar-refractivity contribution is 5.91. The zero-order valence-corrected chi connectivity index (χ0v) is 21.9. The molecule has 3 amide bonds. The number of urea groups is 1. The maximum Gasteiger partial charge on any atom is 0.333 e. The minimum Gasteiger partial charge on any atom is -0.343 e. The van der Waals surface area contributed by atoms with Gasteiger partial charge in [0.1, 0.15) is 18.1 Å². The van der Waals surface area contributed by atoms with E-state index in [1.54, 1.807) is 31.2 Å². The van der Waals surface area contributed by atoms with Gasteiger partial charge in [0.15, 0.2) is 0 Å². The van der Waals surface area contributed by atoms with Gasteiger partial charge in [-0.1, -0.05) is 42.5 Å². The molecule has 37 heavy (non-hydrogen) atoms. The molecule has 2 aromatic rings. The SMILES string of the molecule is C=CCN1CCN(CC=O)C(CN(C)Cc2cccc(C(=O)N(C)C)n2)N1C(=O)NCc1ccccc1. The highest BCUT2D eigenvalue weighted by Gasteiger charge is 2.37. The van der Waals surface area contributed by atoms with Gasteiger partial charge in [0, 0.05) is 53.4 Å². The van der Waals surface area contributed by atoms with Gasteiger partial charge in [0.2, 0.25) is 0 Å². The largest absolute Gasteiger partial charge is 0.343 e. The molecule has 1 saturated heterocycles. The van der Waals surface area contributed by atoms with Crippen molar-refractivity contribution in [1.29, 1.82) is 0 Å². The van der Waals surface area contributed by atoms with Crippen LogP contribution in [0.2, 0.25) is 0 Å². The number of hydrogen-bond donors (Lipinski definition) is 1. The number of pyridine rings is 1. The molecule has 10 nitrogen and oxygen atoms in total. The molecule has 0 spiro atoms. The average Bonchev–Trinajstić information content (AvgIpc) is 2.89. The summed E-state index contributed by atoms with van der Waals surface area (Å²) in [4.78, 5) is 47.4. The Kier molecular flexibility index (Phi) is 10.3. The summed E-state index contributed by atoms with van der Waals surface area (Å²) < 4.78 is 0. The summed E-state index contributed by atoms with van der Waals surface area (Å²) in [7, 11) is 5.33. The minimum atomic E-state index is -0.383. The van der Waals surface area contributed by atoms with Crippen LogP contribution in [0.5, 0.6) is 0 Å². The van der Waals surface area contributed by atoms with Crippen LogP contribution in [0.15, 0.2) is 61.2 Å². The molecular formula is C27H37N7O3. The summed E-state index contributed by atoms with van der Waals surface area (Å²) in [6.45, 7) is 7.14. The quantitative estimate of drug-likeness (QED) is 0.365. The first-order valence-electron chi connectivity index (χ1n) is 12.3. The Balaban J connectivity index is 1.79. The number of benzene rings is 1. The lowest BCUT2D eigenvalue weighted by Gasteiger charge is -2.49. The smallest absolute Gasteiger partial charge is 0.333 e. The standard InChI is InChI=1S/C27H37N7O3/c1-5-14-33-16-15-32(17-18-35)25(34(33)27(37)28-19-22-10-7-6-8-11-22)21-31(4)20-23-12-9-13-24(29-23)26(36)30(2)3/h5-13,18,25H,1,14-17,19-21H2,2-4H3,(H,28,37). The number of amides is 3. The molecule has 1 fully saturated rings. The summed E-state index contributed by atoms with van der Waals surface area (Å²) in [6, 6.07) is 14.9. The predicted octanol–water partition coefficient (Wildman–Crippen LogP) is 1.67. The maximum atomic E-state index is 13.5. The number of carbonyl (C=O) groups is 3. The second-order valence-electron chi connectivity index (χ2n) is 9.24. The molecule has 3 rings (SSSR count). The topological polar surface area (TPSA) is 92.3 Å². The number of hydrazine groups is 1. The van der Waals surface area contributed by atoms with E-state index in [2.05, 4.69) is 16.9 Å². The number of rotatable bonds is 11. The lowest BCUT2D eigenvalue weighted by Crippen LogP contribution is -2.68. The molecule has 0 bridgehead atoms. The number of likely N-dealkylation sites (N-methyl/N-ethyl adjacent to an activating group) is 1. The van der Waals surface area contributed by atoms with Gasteiger partial charge < -0.3 is 15.0 Å². The normalized spacial score (nSPS) is 16.4. The Bertz CT molecular complexity index is 1060. The van der Waals surface area contributed by atoms with Gasteiger partial charge in [-0.25, -0.2) is 19.8 Å². The van der Waals surface area contributed by atoms with Gasteiger partial charge in [-0.2, -0.15) is 0 Å². The number of carbonyl (C=O) groups excluding carboxylic acids is 3. The summed E-state index contributed by atoms with van der Waals surface area (Å²) in [6.07, 6.45) is 2.25. The van der Waals surface area contributed by atoms with Gasteiger partial charge in [-0.05, 0) is 24.7 Å². The van der Waals surface area contributed by atoms with Crippen LogP contribution < -0.4 is 5.32 Å². The van der Waals surface area contributed by atoms with E-state index in [1.807, 2.05) is 64.3 Å². The fourth-order valence-electron chi connectivity index (χ4n) is 4.33. The van der Waals surface area contributed by atoms with Gasteiger partial charge in [0.25, 0.3) is 5.91 Å². The van der Waals surface area contributed by atoms with E-state index in [4.69, 9.17) is 0 Å². The molecule has 2 heterocycles. The van der Waals surface area contributed by atoms with Crippen molar-refractivity contribution >= 4 is 18.2 Å². The minimum absolute atomic E-state index is 0.157. The van der Waals surface area contributed by atoms with Crippen LogP contribution >= 0.6 is 0 Å². The third-order valence-corrected chi connectivity index (χ3v) is 6.14. The second kappa shape index (κ2) is 13.6. The molecule has 1 aromatic carbocycles. The first-order valence-corrected chi connectivity index (χ1v) is 12.3. The number of nitrogens with zero attached hydrogens (tertiary/aromatic N) is 6. The lowest BCUT2D eigenvalue weighted by atomic mass is 10.2. The van der Waals surface area contributed by atoms with Crippen molar-refractivity contribution in [2.45, 2.75) is 19.3 Å². The third-order valence-electron chi connectivity index (χ3n) is 6.14. The van der Waals surface area contributed by atoms with Gasteiger partial charge >= 0.3 is 6.03 Å². The van der Waals surface area contributed by atoms with Crippen molar-refractivity contribution in [3.05, 3.63) is 78.1 Å². The first kappa shape index (κ1) is 28.0. The number of hydrogen-bond acceptors (Lipinski definition) is 7. The van der Waals surface area contributed by atoms with Gasteiger partial charge in [-0.3, -0.25) is 14.6 Å². The predicted molar refractivity (Wildman–Crippen MR) is 142 cm³/mol. The Hall–Kier alpha value is -3.60. The first-order chi connectivity index (χ1) is 17.8. The van der Waals surface area contributed by atoms with Gasteiger partial charge in [-0.15, -0.1) is 6.58 Å². The highest BCUT2D eigenvalue weighted by Crippen LogP contribution is 2.18. The van der Waals surface area contributed by atoms with Crippen molar-refractivity contribution in [3.8, 4) is 0 Å². The Morgan fingerprint density at radius 3 is 2.51 bits per heavy atom. The molecule has 1 unspecified atom stereocenters. The van der Waals surface area contributed by atoms with Crippen LogP contribution in [0.4, 0.5) is 4.79 Å². The van der Waals surface area contributed by atoms with Crippen LogP contribution in [0.3, 0.4) is 0 Å². The Morgan fingerprint density at radius 1 is 1.08 bits per heavy atom. The molecule has 0 aliphatic carbocycles. The number of aldehydes is 1. The zero-order chi connectivity index (χ0) is 26.8. The highest BCUT2D eigenvalue weighted by atomic mass is 16.2. The molecule has 1 aromatic heterocycles. The van der Waals surface area contributed by atoms with Crippen LogP contribution in [0, 0.1) is 0 Å². The zero-order valence-electron chi connectivity index (χ0n) is 21.9. The average molecular weight is 508 g/mol. The van der Waals surface area contributed by atoms with Crippen molar-refractivity contribution in [2.75, 3.05) is 53.9 Å². The maximum absolute atomic E-state index is 13.5. The molecule has 1 N–H and O–H groups in total. The van der Waals surface area contributed by atoms with E-state index in [0.717, 1.165) is 17.5 Å². The summed E-state index contributed by atoms with van der Waals surface area (Å²) >= 11 is 0. The van der Waals surface area contributed by atoms with Crippen molar-refractivity contribution in [2.24, 2.45) is 0 Å². The molecule has 198 valence electrons. The monoisotopic (exact) mass is 507 g/mol. The molecule has 10 heteroatoms. The van der Waals surface area contributed by atoms with Crippen LogP contribution in [0.25, 0.3) is 0 Å². The second-order valence-corrected chi connectivity index (χ2v) is 9.24. The lowest BCUT2D eigenvalue weighted by molar-refractivity contribution is -0.130. The van der Waals surface area contributed by atoms with Gasteiger partial charge in [0.05, 0.1) is 12.2 Å². The molecule has 1 atom stereocenters. The summed E-state index contributed by atoms with van der Waals surface area (Å²) in [5.74, 6) is -0.157. The summed E-state index contributed by atoms with van der Waals surface area (Å²) in [5, 5.41) is 6.69. The molecule has 1 aliphatic rings. The third kappa shape index (κ3) is 7.69. The van der Waals surface area contributed by atoms with Crippen molar-refractivity contribution in [3.63, 3.8) is 0 Å².